The first-order valence-electron chi connectivity index (χ1n) is 10.7. The Bertz CT molecular complexity index is 1060. The molecule has 0 N–H and O–H groups in total. The predicted molar refractivity (Wildman–Crippen MR) is 112 cm³/mol. The molecule has 3 aliphatic carbocycles. The van der Waals surface area contributed by atoms with E-state index >= 15 is 0 Å². The number of hydrogen-bond donors (Lipinski definition) is 0. The Kier molecular flexibility index (Phi) is 5.28. The molecular formula is C24H26F2N4O. The topological polar surface area (TPSA) is 69.9 Å². The lowest BCUT2D eigenvalue weighted by atomic mass is 9.48. The second-order valence-electron chi connectivity index (χ2n) is 9.28. The second-order valence-corrected chi connectivity index (χ2v) is 9.28. The van der Waals surface area contributed by atoms with E-state index in [4.69, 9.17) is 5.26 Å². The predicted octanol–water partition coefficient (Wildman–Crippen LogP) is 4.73. The summed E-state index contributed by atoms with van der Waals surface area (Å²) in [5, 5.41) is 17.8. The van der Waals surface area contributed by atoms with Gasteiger partial charge in [0.1, 0.15) is 18.1 Å². The van der Waals surface area contributed by atoms with Gasteiger partial charge in [-0.15, -0.1) is 0 Å². The van der Waals surface area contributed by atoms with Gasteiger partial charge < -0.3 is 4.90 Å². The minimum Gasteiger partial charge on any atom is -0.341 e. The van der Waals surface area contributed by atoms with Crippen molar-refractivity contribution in [3.8, 4) is 17.3 Å². The highest BCUT2D eigenvalue weighted by molar-refractivity contribution is 5.78. The Morgan fingerprint density at radius 2 is 2.00 bits per heavy atom. The summed E-state index contributed by atoms with van der Waals surface area (Å²) in [6.45, 7) is 7.25. The molecule has 162 valence electrons. The van der Waals surface area contributed by atoms with Gasteiger partial charge in [-0.3, -0.25) is 4.79 Å². The van der Waals surface area contributed by atoms with Gasteiger partial charge in [0.05, 0.1) is 23.0 Å². The van der Waals surface area contributed by atoms with Gasteiger partial charge in [0.15, 0.2) is 0 Å². The van der Waals surface area contributed by atoms with Gasteiger partial charge in [-0.05, 0) is 61.3 Å². The number of aromatic nitrogens is 2. The fourth-order valence-electron chi connectivity index (χ4n) is 5.58. The SMILES string of the molecule is CCN(CC12CCC(CC1(C)C)c1cc(-c3c(F)cccc3F)nnc12)C(=O)CC#N. The molecule has 31 heavy (non-hydrogen) atoms. The number of benzene rings is 1. The molecule has 0 saturated heterocycles. The summed E-state index contributed by atoms with van der Waals surface area (Å²) >= 11 is 0. The first-order valence-corrected chi connectivity index (χ1v) is 10.7. The van der Waals surface area contributed by atoms with Crippen LogP contribution in [0.5, 0.6) is 0 Å². The third-order valence-electron chi connectivity index (χ3n) is 7.33. The van der Waals surface area contributed by atoms with Crippen LogP contribution in [0.25, 0.3) is 11.3 Å². The van der Waals surface area contributed by atoms with Crippen LogP contribution in [0.2, 0.25) is 0 Å². The zero-order chi connectivity index (χ0) is 22.4. The van der Waals surface area contributed by atoms with Crippen LogP contribution in [0.3, 0.4) is 0 Å². The van der Waals surface area contributed by atoms with E-state index in [1.54, 1.807) is 11.0 Å². The molecule has 5 nitrogen and oxygen atoms in total. The van der Waals surface area contributed by atoms with Crippen LogP contribution >= 0.6 is 0 Å². The van der Waals surface area contributed by atoms with Crippen molar-refractivity contribution in [1.82, 2.24) is 15.1 Å². The van der Waals surface area contributed by atoms with Crippen molar-refractivity contribution in [2.75, 3.05) is 13.1 Å². The van der Waals surface area contributed by atoms with Crippen LogP contribution in [-0.2, 0) is 10.2 Å². The minimum atomic E-state index is -0.662. The summed E-state index contributed by atoms with van der Waals surface area (Å²) in [7, 11) is 0. The maximum absolute atomic E-state index is 14.4. The molecule has 2 atom stereocenters. The molecule has 3 aliphatic rings. The summed E-state index contributed by atoms with van der Waals surface area (Å²) in [5.74, 6) is -1.28. The lowest BCUT2D eigenvalue weighted by Gasteiger charge is -2.58. The Balaban J connectivity index is 1.82. The van der Waals surface area contributed by atoms with Crippen molar-refractivity contribution >= 4 is 5.91 Å². The molecule has 1 amide bonds. The molecule has 7 heteroatoms. The summed E-state index contributed by atoms with van der Waals surface area (Å²) in [6, 6.07) is 7.50. The average Bonchev–Trinajstić information content (AvgIpc) is 2.72. The zero-order valence-corrected chi connectivity index (χ0v) is 18.1. The highest BCUT2D eigenvalue weighted by atomic mass is 19.1. The summed E-state index contributed by atoms with van der Waals surface area (Å²) in [6.07, 6.45) is 2.52. The molecule has 2 bridgehead atoms. The number of rotatable bonds is 5. The highest BCUT2D eigenvalue weighted by Gasteiger charge is 2.57. The van der Waals surface area contributed by atoms with E-state index in [1.807, 2.05) is 13.0 Å². The minimum absolute atomic E-state index is 0.136. The summed E-state index contributed by atoms with van der Waals surface area (Å²) < 4.78 is 28.7. The molecule has 2 unspecified atom stereocenters. The van der Waals surface area contributed by atoms with Gasteiger partial charge in [-0.1, -0.05) is 19.9 Å². The van der Waals surface area contributed by atoms with E-state index in [-0.39, 0.29) is 34.9 Å². The molecule has 2 aromatic rings. The van der Waals surface area contributed by atoms with Crippen molar-refractivity contribution in [2.24, 2.45) is 5.41 Å². The van der Waals surface area contributed by atoms with Crippen LogP contribution in [0, 0.1) is 28.4 Å². The molecule has 0 radical (unpaired) electrons. The van der Waals surface area contributed by atoms with Crippen LogP contribution in [0.15, 0.2) is 24.3 Å². The monoisotopic (exact) mass is 424 g/mol. The van der Waals surface area contributed by atoms with Crippen molar-refractivity contribution in [3.63, 3.8) is 0 Å². The number of hydrogen-bond acceptors (Lipinski definition) is 4. The van der Waals surface area contributed by atoms with Gasteiger partial charge >= 0.3 is 0 Å². The molecule has 5 rings (SSSR count). The molecule has 0 spiro atoms. The number of carbonyl (C=O) groups is 1. The fraction of sp³-hybridized carbons (Fsp3) is 0.500. The molecule has 1 heterocycles. The quantitative estimate of drug-likeness (QED) is 0.696. The van der Waals surface area contributed by atoms with E-state index in [2.05, 4.69) is 24.0 Å². The number of carbonyl (C=O) groups excluding carboxylic acids is 1. The maximum atomic E-state index is 14.4. The summed E-state index contributed by atoms with van der Waals surface area (Å²) in [5.41, 5.74) is 1.28. The lowest BCUT2D eigenvalue weighted by Crippen LogP contribution is -2.58. The van der Waals surface area contributed by atoms with Gasteiger partial charge in [0.2, 0.25) is 5.91 Å². The lowest BCUT2D eigenvalue weighted by molar-refractivity contribution is -0.132. The molecule has 1 aromatic heterocycles. The molecule has 1 fully saturated rings. The van der Waals surface area contributed by atoms with Crippen LogP contribution in [0.4, 0.5) is 8.78 Å². The van der Waals surface area contributed by atoms with Crippen LogP contribution in [0.1, 0.15) is 63.6 Å². The van der Waals surface area contributed by atoms with E-state index in [9.17, 15) is 13.6 Å². The van der Waals surface area contributed by atoms with E-state index in [1.165, 1.54) is 18.2 Å². The normalized spacial score (nSPS) is 23.2. The Morgan fingerprint density at radius 3 is 2.61 bits per heavy atom. The number of amides is 1. The molecular weight excluding hydrogens is 398 g/mol. The number of likely N-dealkylation sites (N-methyl/N-ethyl adjacent to an activating group) is 1. The van der Waals surface area contributed by atoms with Crippen molar-refractivity contribution in [1.29, 1.82) is 5.26 Å². The van der Waals surface area contributed by atoms with E-state index in [0.717, 1.165) is 30.5 Å². The largest absolute Gasteiger partial charge is 0.341 e. The number of nitrogens with zero attached hydrogens (tertiary/aromatic N) is 4. The van der Waals surface area contributed by atoms with Gasteiger partial charge in [-0.2, -0.15) is 15.5 Å². The van der Waals surface area contributed by atoms with E-state index in [0.29, 0.717) is 13.1 Å². The van der Waals surface area contributed by atoms with Crippen molar-refractivity contribution in [2.45, 2.75) is 57.8 Å². The summed E-state index contributed by atoms with van der Waals surface area (Å²) in [4.78, 5) is 14.3. The Hall–Kier alpha value is -2.88. The average molecular weight is 424 g/mol. The molecule has 1 aromatic carbocycles. The second kappa shape index (κ2) is 7.67. The smallest absolute Gasteiger partial charge is 0.236 e. The van der Waals surface area contributed by atoms with Crippen molar-refractivity contribution < 1.29 is 13.6 Å². The standard InChI is InChI=1S/C24H26F2N4O/c1-4-30(20(31)9-11-27)14-24-10-8-15(13-23(24,2)3)16-12-19(28-29-22(16)24)21-17(25)6-5-7-18(21)26/h5-7,12,15H,4,8-10,13-14H2,1-3H3. The van der Waals surface area contributed by atoms with Gasteiger partial charge in [0.25, 0.3) is 0 Å². The first kappa shape index (κ1) is 21.4. The Morgan fingerprint density at radius 1 is 1.29 bits per heavy atom. The first-order chi connectivity index (χ1) is 14.7. The highest BCUT2D eigenvalue weighted by Crippen LogP contribution is 2.61. The number of fused-ring (bicyclic) bond motifs is 2. The fourth-order valence-corrected chi connectivity index (χ4v) is 5.58. The molecule has 1 saturated carbocycles. The van der Waals surface area contributed by atoms with Crippen LogP contribution in [-0.4, -0.2) is 34.1 Å². The van der Waals surface area contributed by atoms with Crippen LogP contribution < -0.4 is 0 Å². The maximum Gasteiger partial charge on any atom is 0.236 e. The zero-order valence-electron chi connectivity index (χ0n) is 18.1. The van der Waals surface area contributed by atoms with E-state index < -0.39 is 17.0 Å². The molecule has 0 aliphatic heterocycles. The van der Waals surface area contributed by atoms with Crippen molar-refractivity contribution in [3.05, 3.63) is 47.2 Å². The number of nitriles is 1. The Labute approximate surface area is 181 Å². The van der Waals surface area contributed by atoms with Gasteiger partial charge in [0, 0.05) is 18.5 Å². The number of halogens is 2. The third-order valence-corrected chi connectivity index (χ3v) is 7.33. The third kappa shape index (κ3) is 3.29. The van der Waals surface area contributed by atoms with Gasteiger partial charge in [-0.25, -0.2) is 8.78 Å².